The van der Waals surface area contributed by atoms with Gasteiger partial charge in [0.2, 0.25) is 16.9 Å². The second-order valence-electron chi connectivity index (χ2n) is 5.73. The molecular weight excluding hydrogens is 340 g/mol. The first-order valence-corrected chi connectivity index (χ1v) is 8.98. The number of likely N-dealkylation sites (tertiary alicyclic amines) is 1. The zero-order valence-corrected chi connectivity index (χ0v) is 15.0. The molecule has 2 amide bonds. The minimum Gasteiger partial charge on any atom is -0.496 e. The predicted octanol–water partition coefficient (Wildman–Crippen LogP) is 2.24. The molecule has 0 saturated carbocycles. The molecule has 1 aliphatic rings. The predicted molar refractivity (Wildman–Crippen MR) is 94.5 cm³/mol. The molecule has 2 heterocycles. The molecule has 0 aliphatic carbocycles. The first-order chi connectivity index (χ1) is 12.1. The molecule has 0 bridgehead atoms. The van der Waals surface area contributed by atoms with Crippen LogP contribution in [0.1, 0.15) is 30.3 Å². The number of hydrogen-bond acceptors (Lipinski definition) is 6. The zero-order chi connectivity index (χ0) is 17.8. The summed E-state index contributed by atoms with van der Waals surface area (Å²) in [4.78, 5) is 26.5. The maximum absolute atomic E-state index is 12.6. The standard InChI is InChI=1S/C17H20N4O3S/c1-3-14-19-20-17(25-14)18-16(23)12-8-9-15(22)21(12)10-11-6-4-5-7-13(11)24-2/h4-7,12H,3,8-10H2,1-2H3,(H,18,20,23). The van der Waals surface area contributed by atoms with E-state index in [-0.39, 0.29) is 11.8 Å². The van der Waals surface area contributed by atoms with Crippen molar-refractivity contribution in [1.82, 2.24) is 15.1 Å². The third-order valence-corrected chi connectivity index (χ3v) is 5.15. The number of carbonyl (C=O) groups is 2. The fourth-order valence-corrected chi connectivity index (χ4v) is 3.54. The monoisotopic (exact) mass is 360 g/mol. The van der Waals surface area contributed by atoms with E-state index in [0.29, 0.717) is 30.3 Å². The molecule has 1 aromatic heterocycles. The van der Waals surface area contributed by atoms with Gasteiger partial charge in [-0.2, -0.15) is 0 Å². The number of aryl methyl sites for hydroxylation is 1. The molecule has 1 saturated heterocycles. The lowest BCUT2D eigenvalue weighted by Gasteiger charge is -2.24. The van der Waals surface area contributed by atoms with E-state index in [4.69, 9.17) is 4.74 Å². The molecule has 0 radical (unpaired) electrons. The van der Waals surface area contributed by atoms with Crippen molar-refractivity contribution in [2.24, 2.45) is 0 Å². The summed E-state index contributed by atoms with van der Waals surface area (Å²) in [6.45, 7) is 2.33. The fraction of sp³-hybridized carbons (Fsp3) is 0.412. The van der Waals surface area contributed by atoms with Gasteiger partial charge in [-0.1, -0.05) is 36.5 Å². The lowest BCUT2D eigenvalue weighted by atomic mass is 10.1. The number of nitrogens with one attached hydrogen (secondary N) is 1. The van der Waals surface area contributed by atoms with E-state index in [1.165, 1.54) is 11.3 Å². The van der Waals surface area contributed by atoms with E-state index in [1.54, 1.807) is 12.0 Å². The van der Waals surface area contributed by atoms with E-state index in [0.717, 1.165) is 17.0 Å². The molecule has 0 spiro atoms. The number of ether oxygens (including phenoxy) is 1. The summed E-state index contributed by atoms with van der Waals surface area (Å²) in [6.07, 6.45) is 1.64. The number of para-hydroxylation sites is 1. The van der Waals surface area contributed by atoms with Gasteiger partial charge in [0.1, 0.15) is 16.8 Å². The number of nitrogens with zero attached hydrogens (tertiary/aromatic N) is 3. The second-order valence-corrected chi connectivity index (χ2v) is 6.79. The number of rotatable bonds is 6. The molecule has 8 heteroatoms. The molecule has 1 aliphatic heterocycles. The Morgan fingerprint density at radius 1 is 1.40 bits per heavy atom. The highest BCUT2D eigenvalue weighted by molar-refractivity contribution is 7.15. The molecule has 1 fully saturated rings. The van der Waals surface area contributed by atoms with Crippen molar-refractivity contribution in [2.75, 3.05) is 12.4 Å². The minimum atomic E-state index is -0.508. The molecule has 1 atom stereocenters. The third-order valence-electron chi connectivity index (χ3n) is 4.16. The van der Waals surface area contributed by atoms with Crippen LogP contribution in [0.15, 0.2) is 24.3 Å². The van der Waals surface area contributed by atoms with Crippen molar-refractivity contribution in [1.29, 1.82) is 0 Å². The summed E-state index contributed by atoms with van der Waals surface area (Å²) in [7, 11) is 1.59. The van der Waals surface area contributed by atoms with Crippen molar-refractivity contribution in [3.8, 4) is 5.75 Å². The Morgan fingerprint density at radius 3 is 2.92 bits per heavy atom. The molecule has 7 nitrogen and oxygen atoms in total. The third kappa shape index (κ3) is 3.79. The smallest absolute Gasteiger partial charge is 0.249 e. The number of aromatic nitrogens is 2. The van der Waals surface area contributed by atoms with Crippen molar-refractivity contribution in [3.05, 3.63) is 34.8 Å². The average molecular weight is 360 g/mol. The van der Waals surface area contributed by atoms with E-state index >= 15 is 0 Å². The molecule has 1 unspecified atom stereocenters. The highest BCUT2D eigenvalue weighted by atomic mass is 32.1. The number of amides is 2. The maximum atomic E-state index is 12.6. The Balaban J connectivity index is 1.73. The number of methoxy groups -OCH3 is 1. The van der Waals surface area contributed by atoms with Crippen molar-refractivity contribution >= 4 is 28.3 Å². The van der Waals surface area contributed by atoms with Crippen molar-refractivity contribution in [2.45, 2.75) is 38.8 Å². The Morgan fingerprint density at radius 2 is 2.20 bits per heavy atom. The summed E-state index contributed by atoms with van der Waals surface area (Å²) >= 11 is 1.35. The number of anilines is 1. The lowest BCUT2D eigenvalue weighted by Crippen LogP contribution is -2.41. The lowest BCUT2D eigenvalue weighted by molar-refractivity contribution is -0.133. The number of hydrogen-bond donors (Lipinski definition) is 1. The van der Waals surface area contributed by atoms with Crippen LogP contribution in [0.2, 0.25) is 0 Å². The van der Waals surface area contributed by atoms with Gasteiger partial charge in [0.15, 0.2) is 0 Å². The Bertz CT molecular complexity index is 777. The summed E-state index contributed by atoms with van der Waals surface area (Å²) in [5.41, 5.74) is 0.877. The van der Waals surface area contributed by atoms with Crippen LogP contribution >= 0.6 is 11.3 Å². The molecule has 25 heavy (non-hydrogen) atoms. The highest BCUT2D eigenvalue weighted by Gasteiger charge is 2.36. The topological polar surface area (TPSA) is 84.4 Å². The van der Waals surface area contributed by atoms with Crippen LogP contribution in [-0.2, 0) is 22.6 Å². The Hall–Kier alpha value is -2.48. The van der Waals surface area contributed by atoms with Gasteiger partial charge in [0, 0.05) is 12.0 Å². The van der Waals surface area contributed by atoms with Crippen LogP contribution in [0.25, 0.3) is 0 Å². The maximum Gasteiger partial charge on any atom is 0.249 e. The van der Waals surface area contributed by atoms with Gasteiger partial charge < -0.3 is 9.64 Å². The van der Waals surface area contributed by atoms with E-state index in [1.807, 2.05) is 31.2 Å². The van der Waals surface area contributed by atoms with Crippen LogP contribution in [-0.4, -0.2) is 40.1 Å². The summed E-state index contributed by atoms with van der Waals surface area (Å²) in [6, 6.07) is 7.00. The van der Waals surface area contributed by atoms with Gasteiger partial charge in [-0.05, 0) is 18.9 Å². The Kier molecular flexibility index (Phi) is 5.28. The molecule has 2 aromatic rings. The Labute approximate surface area is 150 Å². The summed E-state index contributed by atoms with van der Waals surface area (Å²) in [5, 5.41) is 12.1. The average Bonchev–Trinajstić information content (AvgIpc) is 3.22. The van der Waals surface area contributed by atoms with Crippen LogP contribution in [0.5, 0.6) is 5.75 Å². The van der Waals surface area contributed by atoms with E-state index < -0.39 is 6.04 Å². The van der Waals surface area contributed by atoms with Gasteiger partial charge >= 0.3 is 0 Å². The molecule has 3 rings (SSSR count). The summed E-state index contributed by atoms with van der Waals surface area (Å²) in [5.74, 6) is 0.454. The van der Waals surface area contributed by atoms with Crippen molar-refractivity contribution < 1.29 is 14.3 Å². The van der Waals surface area contributed by atoms with Gasteiger partial charge in [-0.15, -0.1) is 10.2 Å². The molecular formula is C17H20N4O3S. The van der Waals surface area contributed by atoms with Crippen molar-refractivity contribution in [3.63, 3.8) is 0 Å². The second kappa shape index (κ2) is 7.60. The van der Waals surface area contributed by atoms with Gasteiger partial charge in [0.05, 0.1) is 13.7 Å². The van der Waals surface area contributed by atoms with Crippen LogP contribution in [0.4, 0.5) is 5.13 Å². The van der Waals surface area contributed by atoms with Crippen LogP contribution < -0.4 is 10.1 Å². The van der Waals surface area contributed by atoms with Gasteiger partial charge in [-0.25, -0.2) is 0 Å². The number of benzene rings is 1. The van der Waals surface area contributed by atoms with E-state index in [2.05, 4.69) is 15.5 Å². The minimum absolute atomic E-state index is 0.0300. The largest absolute Gasteiger partial charge is 0.496 e. The SMILES string of the molecule is CCc1nnc(NC(=O)C2CCC(=O)N2Cc2ccccc2OC)s1. The molecule has 132 valence electrons. The number of carbonyl (C=O) groups excluding carboxylic acids is 2. The van der Waals surface area contributed by atoms with Gasteiger partial charge in [-0.3, -0.25) is 14.9 Å². The zero-order valence-electron chi connectivity index (χ0n) is 14.2. The van der Waals surface area contributed by atoms with Crippen LogP contribution in [0.3, 0.4) is 0 Å². The first kappa shape index (κ1) is 17.3. The summed E-state index contributed by atoms with van der Waals surface area (Å²) < 4.78 is 5.34. The molecule has 1 aromatic carbocycles. The normalized spacial score (nSPS) is 17.0. The van der Waals surface area contributed by atoms with Gasteiger partial charge in [0.25, 0.3) is 0 Å². The highest BCUT2D eigenvalue weighted by Crippen LogP contribution is 2.27. The quantitative estimate of drug-likeness (QED) is 0.854. The first-order valence-electron chi connectivity index (χ1n) is 8.17. The molecule has 1 N–H and O–H groups in total. The fourth-order valence-electron chi connectivity index (χ4n) is 2.86. The van der Waals surface area contributed by atoms with Crippen LogP contribution in [0, 0.1) is 0 Å². The van der Waals surface area contributed by atoms with E-state index in [9.17, 15) is 9.59 Å².